The largest absolute Gasteiger partial charge is 0.497 e. The molecule has 0 spiro atoms. The third-order valence-corrected chi connectivity index (χ3v) is 3.80. The molecule has 0 aliphatic carbocycles. The summed E-state index contributed by atoms with van der Waals surface area (Å²) in [5, 5.41) is 9.46. The van der Waals surface area contributed by atoms with Gasteiger partial charge in [0.25, 0.3) is 0 Å². The van der Waals surface area contributed by atoms with Crippen molar-refractivity contribution < 1.29 is 23.7 Å². The molecule has 1 unspecified atom stereocenters. The number of aromatic nitrogens is 1. The van der Waals surface area contributed by atoms with E-state index in [9.17, 15) is 5.11 Å². The van der Waals surface area contributed by atoms with E-state index in [1.807, 2.05) is 24.3 Å². The van der Waals surface area contributed by atoms with Gasteiger partial charge in [0.2, 0.25) is 5.89 Å². The fourth-order valence-corrected chi connectivity index (χ4v) is 2.49. The van der Waals surface area contributed by atoms with Crippen LogP contribution in [0.5, 0.6) is 5.75 Å². The molecule has 6 heteroatoms. The second-order valence-corrected chi connectivity index (χ2v) is 6.09. The number of oxazole rings is 1. The minimum atomic E-state index is -0.215. The van der Waals surface area contributed by atoms with Gasteiger partial charge >= 0.3 is 0 Å². The van der Waals surface area contributed by atoms with Crippen LogP contribution in [0.3, 0.4) is 0 Å². The van der Waals surface area contributed by atoms with Crippen molar-refractivity contribution in [3.05, 3.63) is 35.7 Å². The summed E-state index contributed by atoms with van der Waals surface area (Å²) in [6.45, 7) is 5.03. The first-order chi connectivity index (χ1) is 12.7. The molecule has 1 saturated heterocycles. The predicted molar refractivity (Wildman–Crippen MR) is 98.8 cm³/mol. The molecule has 1 N–H and O–H groups in total. The van der Waals surface area contributed by atoms with Gasteiger partial charge < -0.3 is 23.7 Å². The zero-order chi connectivity index (χ0) is 18.8. The number of rotatable bonds is 6. The molecular formula is C20H29NO5. The topological polar surface area (TPSA) is 74.0 Å². The minimum Gasteiger partial charge on any atom is -0.497 e. The van der Waals surface area contributed by atoms with Crippen molar-refractivity contribution in [2.45, 2.75) is 59.0 Å². The predicted octanol–water partition coefficient (Wildman–Crippen LogP) is 4.30. The number of ether oxygens (including phenoxy) is 3. The highest BCUT2D eigenvalue weighted by molar-refractivity contribution is 5.55. The zero-order valence-corrected chi connectivity index (χ0v) is 15.9. The summed E-state index contributed by atoms with van der Waals surface area (Å²) < 4.78 is 22.0. The quantitative estimate of drug-likeness (QED) is 0.825. The molecule has 3 rings (SSSR count). The van der Waals surface area contributed by atoms with Crippen LogP contribution >= 0.6 is 0 Å². The Bertz CT molecular complexity index is 632. The molecule has 0 bridgehead atoms. The normalized spacial score (nSPS) is 16.7. The number of methoxy groups -OCH3 is 1. The highest BCUT2D eigenvalue weighted by atomic mass is 16.7. The van der Waals surface area contributed by atoms with Gasteiger partial charge in [0, 0.05) is 12.2 Å². The van der Waals surface area contributed by atoms with Crippen LogP contribution in [0.2, 0.25) is 0 Å². The van der Waals surface area contributed by atoms with E-state index in [4.69, 9.17) is 18.6 Å². The highest BCUT2D eigenvalue weighted by Gasteiger charge is 2.18. The Labute approximate surface area is 155 Å². The minimum absolute atomic E-state index is 0.198. The summed E-state index contributed by atoms with van der Waals surface area (Å²) >= 11 is 0. The molecule has 144 valence electrons. The van der Waals surface area contributed by atoms with Gasteiger partial charge in [-0.25, -0.2) is 4.98 Å². The van der Waals surface area contributed by atoms with Crippen molar-refractivity contribution in [3.63, 3.8) is 0 Å². The first-order valence-electron chi connectivity index (χ1n) is 9.18. The lowest BCUT2D eigenvalue weighted by molar-refractivity contribution is -0.169. The Kier molecular flexibility index (Phi) is 8.61. The van der Waals surface area contributed by atoms with Gasteiger partial charge in [-0.15, -0.1) is 0 Å². The van der Waals surface area contributed by atoms with Gasteiger partial charge in [0.15, 0.2) is 12.1 Å². The third-order valence-electron chi connectivity index (χ3n) is 3.80. The van der Waals surface area contributed by atoms with Crippen molar-refractivity contribution in [1.82, 2.24) is 4.98 Å². The number of aliphatic hydroxyl groups excluding tert-OH is 1. The Balaban J connectivity index is 0.000000758. The van der Waals surface area contributed by atoms with Crippen molar-refractivity contribution in [1.29, 1.82) is 0 Å². The van der Waals surface area contributed by atoms with Gasteiger partial charge in [0.05, 0.1) is 13.7 Å². The zero-order valence-electron chi connectivity index (χ0n) is 15.9. The maximum absolute atomic E-state index is 9.46. The van der Waals surface area contributed by atoms with Crippen molar-refractivity contribution in [2.24, 2.45) is 0 Å². The fraction of sp³-hybridized carbons (Fsp3) is 0.550. The maximum atomic E-state index is 9.46. The van der Waals surface area contributed by atoms with E-state index in [-0.39, 0.29) is 19.5 Å². The van der Waals surface area contributed by atoms with Crippen LogP contribution in [-0.4, -0.2) is 30.1 Å². The molecule has 6 nitrogen and oxygen atoms in total. The average Bonchev–Trinajstić information content (AvgIpc) is 3.11. The van der Waals surface area contributed by atoms with Gasteiger partial charge in [-0.2, -0.15) is 0 Å². The van der Waals surface area contributed by atoms with Crippen LogP contribution < -0.4 is 4.74 Å². The molecule has 2 aromatic rings. The second kappa shape index (κ2) is 11.0. The number of aliphatic hydroxyl groups is 1. The molecule has 1 aliphatic heterocycles. The Morgan fingerprint density at radius 3 is 2.50 bits per heavy atom. The van der Waals surface area contributed by atoms with Gasteiger partial charge in [-0.1, -0.05) is 20.3 Å². The van der Waals surface area contributed by atoms with Crippen LogP contribution in [0.15, 0.2) is 28.7 Å². The summed E-state index contributed by atoms with van der Waals surface area (Å²) in [5.41, 5.74) is 1.42. The van der Waals surface area contributed by atoms with E-state index in [0.29, 0.717) is 17.3 Å². The third kappa shape index (κ3) is 5.83. The first-order valence-corrected chi connectivity index (χ1v) is 9.18. The lowest BCUT2D eigenvalue weighted by Gasteiger charge is -2.22. The van der Waals surface area contributed by atoms with Gasteiger partial charge in [0.1, 0.15) is 18.1 Å². The number of benzene rings is 1. The van der Waals surface area contributed by atoms with E-state index in [1.165, 1.54) is 6.42 Å². The summed E-state index contributed by atoms with van der Waals surface area (Å²) in [4.78, 5) is 4.44. The monoisotopic (exact) mass is 363 g/mol. The number of hydrogen-bond donors (Lipinski definition) is 1. The summed E-state index contributed by atoms with van der Waals surface area (Å²) in [6.07, 6.45) is 4.12. The molecule has 1 atom stereocenters. The summed E-state index contributed by atoms with van der Waals surface area (Å²) in [5.74, 6) is 1.65. The second-order valence-electron chi connectivity index (χ2n) is 6.09. The van der Waals surface area contributed by atoms with Crippen molar-refractivity contribution >= 4 is 0 Å². The highest BCUT2D eigenvalue weighted by Crippen LogP contribution is 2.25. The van der Waals surface area contributed by atoms with Crippen LogP contribution in [0.1, 0.15) is 51.0 Å². The standard InChI is InChI=1S/C17H21NO5.C3H8/c1-20-13-7-5-12(6-8-13)17-18-14(15(10-19)23-17)11-22-16-4-2-3-9-21-16;1-3-2/h5-8,16,19H,2-4,9-11H2,1H3;3H2,1-2H3. The molecule has 2 heterocycles. The molecule has 1 fully saturated rings. The summed E-state index contributed by atoms with van der Waals surface area (Å²) in [6, 6.07) is 7.40. The van der Waals surface area contributed by atoms with E-state index in [2.05, 4.69) is 18.8 Å². The van der Waals surface area contributed by atoms with E-state index in [1.54, 1.807) is 7.11 Å². The maximum Gasteiger partial charge on any atom is 0.226 e. The Hall–Kier alpha value is -1.89. The molecule has 1 aromatic heterocycles. The van der Waals surface area contributed by atoms with Crippen molar-refractivity contribution in [2.75, 3.05) is 13.7 Å². The SMILES string of the molecule is CCC.COc1ccc(-c2nc(COC3CCCCO3)c(CO)o2)cc1. The first kappa shape index (κ1) is 20.4. The van der Waals surface area contributed by atoms with E-state index < -0.39 is 0 Å². The molecule has 1 aromatic carbocycles. The Morgan fingerprint density at radius 2 is 1.92 bits per heavy atom. The van der Waals surface area contributed by atoms with Crippen LogP contribution in [0, 0.1) is 0 Å². The van der Waals surface area contributed by atoms with Crippen molar-refractivity contribution in [3.8, 4) is 17.2 Å². The summed E-state index contributed by atoms with van der Waals surface area (Å²) in [7, 11) is 1.62. The number of nitrogens with zero attached hydrogens (tertiary/aromatic N) is 1. The molecule has 1 aliphatic rings. The fourth-order valence-electron chi connectivity index (χ4n) is 2.49. The smallest absolute Gasteiger partial charge is 0.226 e. The average molecular weight is 363 g/mol. The van der Waals surface area contributed by atoms with Gasteiger partial charge in [-0.05, 0) is 43.5 Å². The lowest BCUT2D eigenvalue weighted by Crippen LogP contribution is -2.22. The van der Waals surface area contributed by atoms with Crippen LogP contribution in [-0.2, 0) is 22.7 Å². The molecular weight excluding hydrogens is 334 g/mol. The van der Waals surface area contributed by atoms with Crippen LogP contribution in [0.4, 0.5) is 0 Å². The van der Waals surface area contributed by atoms with E-state index >= 15 is 0 Å². The van der Waals surface area contributed by atoms with Crippen LogP contribution in [0.25, 0.3) is 11.5 Å². The van der Waals surface area contributed by atoms with E-state index in [0.717, 1.165) is 37.2 Å². The Morgan fingerprint density at radius 1 is 1.19 bits per heavy atom. The molecule has 0 amide bonds. The molecule has 0 radical (unpaired) electrons. The molecule has 26 heavy (non-hydrogen) atoms. The molecule has 0 saturated carbocycles. The lowest BCUT2D eigenvalue weighted by atomic mass is 10.2. The number of hydrogen-bond acceptors (Lipinski definition) is 6. The van der Waals surface area contributed by atoms with Gasteiger partial charge in [-0.3, -0.25) is 0 Å².